The van der Waals surface area contributed by atoms with Crippen LogP contribution in [0.3, 0.4) is 0 Å². The Morgan fingerprint density at radius 2 is 1.15 bits per heavy atom. The number of carbonyl (C=O) groups excluding carboxylic acids is 3. The van der Waals surface area contributed by atoms with Crippen molar-refractivity contribution in [2.24, 2.45) is 0 Å². The van der Waals surface area contributed by atoms with Gasteiger partial charge in [0.2, 0.25) is 29.4 Å². The number of carboxylic acids is 1. The molecule has 8 N–H and O–H groups in total. The number of nitrogens with two attached hydrogens (primary N) is 2. The van der Waals surface area contributed by atoms with E-state index in [1.807, 2.05) is 42.9 Å². The van der Waals surface area contributed by atoms with E-state index < -0.39 is 29.2 Å². The van der Waals surface area contributed by atoms with Gasteiger partial charge in [0.15, 0.2) is 0 Å². The number of nitrogens with zero attached hydrogens (tertiary/aromatic N) is 7. The first kappa shape index (κ1) is 53.8. The first-order chi connectivity index (χ1) is 31.0. The van der Waals surface area contributed by atoms with Gasteiger partial charge in [-0.25, -0.2) is 18.7 Å². The minimum Gasteiger partial charge on any atom is -0.496 e. The minimum absolute atomic E-state index is 0. The molecule has 19 nitrogen and oxygen atoms in total. The van der Waals surface area contributed by atoms with Crippen molar-refractivity contribution in [1.82, 2.24) is 40.0 Å². The number of carbonyl (C=O) groups is 4. The fourth-order valence-electron chi connectivity index (χ4n) is 6.69. The maximum absolute atomic E-state index is 13.6. The molecular weight excluding hydrogens is 859 g/mol. The molecule has 1 amide bonds. The number of nitrogens with one attached hydrogen (secondary N) is 3. The molecule has 0 spiro atoms. The Hall–Kier alpha value is -6.58. The second-order valence-corrected chi connectivity index (χ2v) is 15.8. The standard InChI is InChI=1S/C22H29FN6O3.C17H20FN5O2.C5H11NO2.CH4/c1-28(2)9-8-19(30)29-10-6-15(7-11-29)26-22-25-13-17(21(24)27-22)20(31)16-12-14(23)4-5-18(16)32-3;1-25-14-3-2-10(18)8-12(14)15(24)13-9-21-17(23-16(13)19)22-11-4-6-20-7-5-11;1-6(2)4-3-5(7)8;/h4-5,12-13,15H,6-11H2,1-3H3,(H3,24,25,26,27);2-3,8-9,11,20H,4-7H2,1H3,(H3,19,21,22,23);3-4H2,1-2H3,(H,7,8);1H4. The molecule has 2 aliphatic rings. The fraction of sp³-hybridized carbons (Fsp3) is 0.467. The fourth-order valence-corrected chi connectivity index (χ4v) is 6.69. The Morgan fingerprint density at radius 3 is 1.53 bits per heavy atom. The van der Waals surface area contributed by atoms with Crippen LogP contribution in [0.25, 0.3) is 0 Å². The van der Waals surface area contributed by atoms with E-state index in [9.17, 15) is 28.0 Å². The third-order valence-electron chi connectivity index (χ3n) is 10.3. The summed E-state index contributed by atoms with van der Waals surface area (Å²) in [7, 11) is 10.4. The molecule has 66 heavy (non-hydrogen) atoms. The summed E-state index contributed by atoms with van der Waals surface area (Å²) in [6.07, 6.45) is 6.88. The van der Waals surface area contributed by atoms with Crippen LogP contribution in [0.15, 0.2) is 48.8 Å². The number of methoxy groups -OCH3 is 2. The third-order valence-corrected chi connectivity index (χ3v) is 10.3. The number of piperidine rings is 2. The average molecular weight is 923 g/mol. The lowest BCUT2D eigenvalue weighted by atomic mass is 10.0. The SMILES string of the molecule is C.CN(C)CCC(=O)O.COc1ccc(F)cc1C(=O)c1cnc(NC2CCN(C(=O)CCN(C)C)CC2)nc1N.COc1ccc(F)cc1C(=O)c1cnc(NC2CCNCC2)nc1N. The topological polar surface area (TPSA) is 256 Å². The van der Waals surface area contributed by atoms with E-state index in [0.717, 1.165) is 57.5 Å². The van der Waals surface area contributed by atoms with Gasteiger partial charge in [0.05, 0.1) is 42.9 Å². The maximum Gasteiger partial charge on any atom is 0.304 e. The van der Waals surface area contributed by atoms with E-state index in [2.05, 4.69) is 35.9 Å². The number of aromatic nitrogens is 4. The highest BCUT2D eigenvalue weighted by atomic mass is 19.1. The average Bonchev–Trinajstić information content (AvgIpc) is 3.28. The number of aliphatic carboxylic acids is 1. The summed E-state index contributed by atoms with van der Waals surface area (Å²) in [6, 6.07) is 7.79. The molecule has 2 aliphatic heterocycles. The number of halogens is 2. The van der Waals surface area contributed by atoms with Crippen molar-refractivity contribution in [1.29, 1.82) is 0 Å². The van der Waals surface area contributed by atoms with E-state index >= 15 is 0 Å². The van der Waals surface area contributed by atoms with Gasteiger partial charge in [-0.2, -0.15) is 9.97 Å². The molecule has 0 radical (unpaired) electrons. The zero-order chi connectivity index (χ0) is 47.6. The van der Waals surface area contributed by atoms with Crippen molar-refractivity contribution < 1.29 is 42.5 Å². The quantitative estimate of drug-likeness (QED) is 0.0867. The van der Waals surface area contributed by atoms with E-state index in [-0.39, 0.29) is 77.2 Å². The largest absolute Gasteiger partial charge is 0.496 e. The van der Waals surface area contributed by atoms with E-state index in [1.54, 1.807) is 0 Å². The number of ether oxygens (including phenoxy) is 2. The Morgan fingerprint density at radius 1 is 0.727 bits per heavy atom. The van der Waals surface area contributed by atoms with Crippen LogP contribution < -0.4 is 36.9 Å². The van der Waals surface area contributed by atoms with E-state index in [1.165, 1.54) is 50.9 Å². The predicted octanol–water partition coefficient (Wildman–Crippen LogP) is 4.05. The Bertz CT molecular complexity index is 2240. The summed E-state index contributed by atoms with van der Waals surface area (Å²) in [6.45, 7) is 4.54. The van der Waals surface area contributed by atoms with Crippen molar-refractivity contribution in [3.8, 4) is 11.5 Å². The number of amides is 1. The molecule has 4 heterocycles. The molecule has 0 bridgehead atoms. The summed E-state index contributed by atoms with van der Waals surface area (Å²) in [5.41, 5.74) is 12.3. The van der Waals surface area contributed by atoms with E-state index in [0.29, 0.717) is 38.0 Å². The molecule has 6 rings (SSSR count). The number of likely N-dealkylation sites (tertiary alicyclic amines) is 1. The van der Waals surface area contributed by atoms with Crippen LogP contribution in [0, 0.1) is 11.6 Å². The normalized spacial score (nSPS) is 13.9. The molecule has 0 atom stereocenters. The molecule has 0 unspecified atom stereocenters. The summed E-state index contributed by atoms with van der Waals surface area (Å²) in [5, 5.41) is 17.9. The second-order valence-electron chi connectivity index (χ2n) is 15.8. The number of carboxylic acid groups (broad SMARTS) is 1. The Kier molecular flexibility index (Phi) is 21.5. The van der Waals surface area contributed by atoms with Gasteiger partial charge in [-0.3, -0.25) is 19.2 Å². The number of rotatable bonds is 16. The van der Waals surface area contributed by atoms with Gasteiger partial charge < -0.3 is 56.7 Å². The van der Waals surface area contributed by atoms with Crippen molar-refractivity contribution in [3.05, 3.63) is 82.7 Å². The highest BCUT2D eigenvalue weighted by Crippen LogP contribution is 2.27. The van der Waals surface area contributed by atoms with Gasteiger partial charge in [-0.05, 0) is 103 Å². The van der Waals surface area contributed by atoms with Crippen LogP contribution >= 0.6 is 0 Å². The first-order valence-corrected chi connectivity index (χ1v) is 21.0. The lowest BCUT2D eigenvalue weighted by Crippen LogP contribution is -2.43. The first-order valence-electron chi connectivity index (χ1n) is 21.0. The van der Waals surface area contributed by atoms with Gasteiger partial charge in [0.1, 0.15) is 34.8 Å². The maximum atomic E-state index is 13.6. The minimum atomic E-state index is -0.737. The zero-order valence-corrected chi connectivity index (χ0v) is 37.7. The third kappa shape index (κ3) is 16.4. The summed E-state index contributed by atoms with van der Waals surface area (Å²) in [5.74, 6) is -1.43. The van der Waals surface area contributed by atoms with Crippen LogP contribution in [-0.4, -0.2) is 157 Å². The number of benzene rings is 2. The highest BCUT2D eigenvalue weighted by molar-refractivity contribution is 6.13. The molecule has 2 aromatic carbocycles. The van der Waals surface area contributed by atoms with Crippen molar-refractivity contribution in [3.63, 3.8) is 0 Å². The number of anilines is 4. The Balaban J connectivity index is 0.000000302. The van der Waals surface area contributed by atoms with Crippen LogP contribution in [0.2, 0.25) is 0 Å². The summed E-state index contributed by atoms with van der Waals surface area (Å²) in [4.78, 5) is 70.1. The van der Waals surface area contributed by atoms with Gasteiger partial charge in [-0.15, -0.1) is 0 Å². The lowest BCUT2D eigenvalue weighted by molar-refractivity contribution is -0.137. The molecule has 2 fully saturated rings. The van der Waals surface area contributed by atoms with Gasteiger partial charge >= 0.3 is 5.97 Å². The zero-order valence-electron chi connectivity index (χ0n) is 37.7. The lowest BCUT2D eigenvalue weighted by Gasteiger charge is -2.32. The molecule has 0 aliphatic carbocycles. The number of ketones is 2. The number of hydrogen-bond acceptors (Lipinski definition) is 17. The van der Waals surface area contributed by atoms with Crippen LogP contribution in [0.5, 0.6) is 11.5 Å². The molecule has 2 saturated heterocycles. The van der Waals surface area contributed by atoms with Crippen LogP contribution in [0.4, 0.5) is 32.3 Å². The smallest absolute Gasteiger partial charge is 0.304 e. The molecule has 2 aromatic heterocycles. The van der Waals surface area contributed by atoms with Crippen LogP contribution in [-0.2, 0) is 9.59 Å². The molecule has 4 aromatic rings. The Labute approximate surface area is 384 Å². The van der Waals surface area contributed by atoms with Gasteiger partial charge in [-0.1, -0.05) is 7.43 Å². The number of hydrogen-bond donors (Lipinski definition) is 6. The molecule has 0 saturated carbocycles. The highest BCUT2D eigenvalue weighted by Gasteiger charge is 2.25. The summed E-state index contributed by atoms with van der Waals surface area (Å²) < 4.78 is 37.4. The molecular formula is C45H64F2N12O7. The monoisotopic (exact) mass is 922 g/mol. The summed E-state index contributed by atoms with van der Waals surface area (Å²) >= 11 is 0. The van der Waals surface area contributed by atoms with Gasteiger partial charge in [0, 0.05) is 57.1 Å². The van der Waals surface area contributed by atoms with E-state index in [4.69, 9.17) is 26.0 Å². The van der Waals surface area contributed by atoms with Gasteiger partial charge in [0.25, 0.3) is 0 Å². The van der Waals surface area contributed by atoms with Crippen molar-refractivity contribution >= 4 is 47.0 Å². The molecule has 360 valence electrons. The van der Waals surface area contributed by atoms with Crippen LogP contribution in [0.1, 0.15) is 77.8 Å². The molecule has 21 heteroatoms. The second kappa shape index (κ2) is 26.4. The van der Waals surface area contributed by atoms with Crippen molar-refractivity contribution in [2.75, 3.05) is 104 Å². The number of nitrogen functional groups attached to an aromatic ring is 2. The van der Waals surface area contributed by atoms with Crippen molar-refractivity contribution in [2.45, 2.75) is 58.0 Å². The predicted molar refractivity (Wildman–Crippen MR) is 249 cm³/mol.